The summed E-state index contributed by atoms with van der Waals surface area (Å²) in [6.07, 6.45) is 1.61. The second-order valence-electron chi connectivity index (χ2n) is 4.32. The molecule has 2 aromatic heterocycles. The fourth-order valence-electron chi connectivity index (χ4n) is 1.84. The zero-order valence-corrected chi connectivity index (χ0v) is 11.7. The van der Waals surface area contributed by atoms with E-state index in [1.54, 1.807) is 24.0 Å². The van der Waals surface area contributed by atoms with E-state index in [1.807, 2.05) is 0 Å². The molecular weight excluding hydrogens is 280 g/mol. The molecule has 0 saturated carbocycles. The highest BCUT2D eigenvalue weighted by Gasteiger charge is 2.31. The van der Waals surface area contributed by atoms with Crippen LogP contribution in [-0.2, 0) is 13.6 Å². The lowest BCUT2D eigenvalue weighted by atomic mass is 10.3. The van der Waals surface area contributed by atoms with E-state index in [0.29, 0.717) is 0 Å². The zero-order chi connectivity index (χ0) is 15.6. The smallest absolute Gasteiger partial charge is 0.362 e. The van der Waals surface area contributed by atoms with Gasteiger partial charge in [-0.15, -0.1) is 5.10 Å². The van der Waals surface area contributed by atoms with Crippen molar-refractivity contribution in [2.75, 3.05) is 14.2 Å². The molecule has 10 nitrogen and oxygen atoms in total. The number of amides is 1. The quantitative estimate of drug-likeness (QED) is 0.627. The number of hydrogen-bond acceptors (Lipinski definition) is 6. The Morgan fingerprint density at radius 1 is 1.62 bits per heavy atom. The number of nitrogens with one attached hydrogen (secondary N) is 1. The average molecular weight is 294 g/mol. The number of aromatic amines is 1. The molecule has 0 aromatic carbocycles. The van der Waals surface area contributed by atoms with Crippen LogP contribution in [0.1, 0.15) is 16.2 Å². The van der Waals surface area contributed by atoms with E-state index in [4.69, 9.17) is 4.74 Å². The van der Waals surface area contributed by atoms with Crippen molar-refractivity contribution in [1.82, 2.24) is 24.9 Å². The largest absolute Gasteiger partial charge is 0.475 e. The molecule has 0 bridgehead atoms. The van der Waals surface area contributed by atoms with Crippen LogP contribution in [0.2, 0.25) is 0 Å². The molecule has 0 radical (unpaired) electrons. The second kappa shape index (κ2) is 5.61. The molecule has 2 heterocycles. The molecule has 21 heavy (non-hydrogen) atoms. The number of rotatable bonds is 5. The number of carbonyl (C=O) groups excluding carboxylic acids is 1. The van der Waals surface area contributed by atoms with Gasteiger partial charge in [-0.05, 0) is 6.07 Å². The van der Waals surface area contributed by atoms with Gasteiger partial charge in [-0.25, -0.2) is 0 Å². The summed E-state index contributed by atoms with van der Waals surface area (Å²) in [5.74, 6) is -0.781. The van der Waals surface area contributed by atoms with Crippen LogP contribution in [0.4, 0.5) is 5.69 Å². The molecule has 0 spiro atoms. The van der Waals surface area contributed by atoms with Gasteiger partial charge in [0.1, 0.15) is 0 Å². The molecule has 0 aliphatic heterocycles. The summed E-state index contributed by atoms with van der Waals surface area (Å²) in [6.45, 7) is 0.258. The molecule has 112 valence electrons. The molecule has 0 atom stereocenters. The highest BCUT2D eigenvalue weighted by atomic mass is 16.6. The van der Waals surface area contributed by atoms with Crippen LogP contribution in [0.15, 0.2) is 12.3 Å². The van der Waals surface area contributed by atoms with Gasteiger partial charge < -0.3 is 9.64 Å². The minimum atomic E-state index is -0.701. The first-order valence-electron chi connectivity index (χ1n) is 5.94. The third-order valence-electron chi connectivity index (χ3n) is 2.97. The molecular formula is C11H14N6O4. The molecule has 2 aromatic rings. The zero-order valence-electron chi connectivity index (χ0n) is 11.7. The van der Waals surface area contributed by atoms with E-state index >= 15 is 0 Å². The van der Waals surface area contributed by atoms with Crippen molar-refractivity contribution in [3.63, 3.8) is 0 Å². The Balaban J connectivity index is 2.26. The monoisotopic (exact) mass is 294 g/mol. The Morgan fingerprint density at radius 3 is 2.86 bits per heavy atom. The first kappa shape index (κ1) is 14.5. The Labute approximate surface area is 119 Å². The Hall–Kier alpha value is -2.91. The van der Waals surface area contributed by atoms with Crippen molar-refractivity contribution in [2.45, 2.75) is 6.54 Å². The maximum absolute atomic E-state index is 12.3. The summed E-state index contributed by atoms with van der Waals surface area (Å²) in [5.41, 5.74) is 0.0980. The van der Waals surface area contributed by atoms with Crippen LogP contribution < -0.4 is 4.74 Å². The van der Waals surface area contributed by atoms with E-state index in [-0.39, 0.29) is 18.1 Å². The number of hydrogen-bond donors (Lipinski definition) is 1. The Bertz CT molecular complexity index is 676. The lowest BCUT2D eigenvalue weighted by Gasteiger charge is -2.15. The SMILES string of the molecule is COc1n[nH]c(C(=O)N(C)Cc2ccnn2C)c1[N+](=O)[O-]. The first-order valence-corrected chi connectivity index (χ1v) is 5.94. The highest BCUT2D eigenvalue weighted by Crippen LogP contribution is 2.28. The van der Waals surface area contributed by atoms with E-state index in [2.05, 4.69) is 15.3 Å². The van der Waals surface area contributed by atoms with Gasteiger partial charge in [0.05, 0.1) is 24.3 Å². The standard InChI is InChI=1S/C11H14N6O4/c1-15(6-7-4-5-12-16(7)2)11(18)8-9(17(19)20)10(21-3)14-13-8/h4-5H,6H2,1-3H3,(H,13,14). The molecule has 1 amide bonds. The van der Waals surface area contributed by atoms with Crippen molar-refractivity contribution in [3.8, 4) is 5.88 Å². The lowest BCUT2D eigenvalue weighted by Crippen LogP contribution is -2.28. The van der Waals surface area contributed by atoms with Crippen LogP contribution in [0.5, 0.6) is 5.88 Å². The van der Waals surface area contributed by atoms with Crippen molar-refractivity contribution >= 4 is 11.6 Å². The maximum Gasteiger partial charge on any atom is 0.362 e. The van der Waals surface area contributed by atoms with Crippen LogP contribution in [0, 0.1) is 10.1 Å². The number of aromatic nitrogens is 4. The van der Waals surface area contributed by atoms with Crippen LogP contribution in [0.3, 0.4) is 0 Å². The third kappa shape index (κ3) is 2.68. The number of carbonyl (C=O) groups is 1. The summed E-state index contributed by atoms with van der Waals surface area (Å²) < 4.78 is 6.39. The third-order valence-corrected chi connectivity index (χ3v) is 2.97. The van der Waals surface area contributed by atoms with E-state index < -0.39 is 16.5 Å². The molecule has 2 rings (SSSR count). The van der Waals surface area contributed by atoms with Crippen LogP contribution >= 0.6 is 0 Å². The minimum absolute atomic E-state index is 0.221. The average Bonchev–Trinajstić information content (AvgIpc) is 3.04. The van der Waals surface area contributed by atoms with Gasteiger partial charge in [0.2, 0.25) is 5.69 Å². The summed E-state index contributed by atoms with van der Waals surface area (Å²) in [5, 5.41) is 21.0. The normalized spacial score (nSPS) is 10.4. The molecule has 0 aliphatic rings. The molecule has 0 aliphatic carbocycles. The maximum atomic E-state index is 12.3. The van der Waals surface area contributed by atoms with E-state index in [1.165, 1.54) is 19.1 Å². The Kier molecular flexibility index (Phi) is 3.87. The summed E-state index contributed by atoms with van der Waals surface area (Å²) in [4.78, 5) is 24.0. The van der Waals surface area contributed by atoms with Gasteiger partial charge >= 0.3 is 11.6 Å². The summed E-state index contributed by atoms with van der Waals surface area (Å²) >= 11 is 0. The summed E-state index contributed by atoms with van der Waals surface area (Å²) in [6, 6.07) is 1.76. The van der Waals surface area contributed by atoms with Crippen molar-refractivity contribution < 1.29 is 14.5 Å². The first-order chi connectivity index (χ1) is 9.95. The number of methoxy groups -OCH3 is 1. The lowest BCUT2D eigenvalue weighted by molar-refractivity contribution is -0.386. The van der Waals surface area contributed by atoms with Crippen molar-refractivity contribution in [3.05, 3.63) is 33.8 Å². The number of nitro groups is 1. The van der Waals surface area contributed by atoms with Crippen LogP contribution in [0.25, 0.3) is 0 Å². The topological polar surface area (TPSA) is 119 Å². The van der Waals surface area contributed by atoms with Crippen molar-refractivity contribution in [2.24, 2.45) is 7.05 Å². The van der Waals surface area contributed by atoms with E-state index in [0.717, 1.165) is 5.69 Å². The number of nitrogens with zero attached hydrogens (tertiary/aromatic N) is 5. The van der Waals surface area contributed by atoms with Gasteiger partial charge in [-0.2, -0.15) is 5.10 Å². The second-order valence-corrected chi connectivity index (χ2v) is 4.32. The van der Waals surface area contributed by atoms with E-state index in [9.17, 15) is 14.9 Å². The fraction of sp³-hybridized carbons (Fsp3) is 0.364. The molecule has 0 unspecified atom stereocenters. The number of aryl methyl sites for hydroxylation is 1. The molecule has 1 N–H and O–H groups in total. The van der Waals surface area contributed by atoms with Gasteiger partial charge in [0, 0.05) is 20.3 Å². The van der Waals surface area contributed by atoms with Gasteiger partial charge in [0.15, 0.2) is 0 Å². The van der Waals surface area contributed by atoms with Crippen molar-refractivity contribution in [1.29, 1.82) is 0 Å². The number of ether oxygens (including phenoxy) is 1. The summed E-state index contributed by atoms with van der Waals surface area (Å²) in [7, 11) is 4.53. The minimum Gasteiger partial charge on any atom is -0.475 e. The van der Waals surface area contributed by atoms with Gasteiger partial charge in [-0.3, -0.25) is 24.7 Å². The molecule has 0 fully saturated rings. The Morgan fingerprint density at radius 2 is 2.33 bits per heavy atom. The highest BCUT2D eigenvalue weighted by molar-refractivity contribution is 5.96. The molecule has 10 heteroatoms. The predicted octanol–water partition coefficient (Wildman–Crippen LogP) is 0.332. The number of H-pyrrole nitrogens is 1. The van der Waals surface area contributed by atoms with Crippen LogP contribution in [-0.4, -0.2) is 49.9 Å². The van der Waals surface area contributed by atoms with Gasteiger partial charge in [-0.1, -0.05) is 0 Å². The molecule has 0 saturated heterocycles. The van der Waals surface area contributed by atoms with Gasteiger partial charge in [0.25, 0.3) is 5.91 Å². The fourth-order valence-corrected chi connectivity index (χ4v) is 1.84. The predicted molar refractivity (Wildman–Crippen MR) is 70.8 cm³/mol.